The number of likely N-dealkylation sites (N-methyl/N-ethyl adjacent to an activating group) is 1. The minimum absolute atomic E-state index is 0.190. The van der Waals surface area contributed by atoms with Crippen LogP contribution in [0.4, 0.5) is 0 Å². The number of aliphatic hydroxyl groups is 1. The monoisotopic (exact) mass is 131 g/mol. The van der Waals surface area contributed by atoms with Crippen molar-refractivity contribution >= 4 is 0 Å². The van der Waals surface area contributed by atoms with Crippen LogP contribution >= 0.6 is 0 Å². The molecule has 0 fully saturated rings. The van der Waals surface area contributed by atoms with Crippen molar-refractivity contribution < 1.29 is 5.11 Å². The fraction of sp³-hybridized carbons (Fsp3) is 1.00. The van der Waals surface area contributed by atoms with Gasteiger partial charge in [-0.15, -0.1) is 0 Å². The van der Waals surface area contributed by atoms with E-state index in [9.17, 15) is 0 Å². The highest BCUT2D eigenvalue weighted by molar-refractivity contribution is 4.61. The second kappa shape index (κ2) is 4.77. The standard InChI is InChI=1S/C7H17NO/c1-4-8(5-2)6-7(3)9/h7,9H,4-6H2,1-3H3/q+1. The van der Waals surface area contributed by atoms with E-state index in [2.05, 4.69) is 18.7 Å². The molecule has 0 rings (SSSR count). The van der Waals surface area contributed by atoms with Crippen molar-refractivity contribution in [3.05, 3.63) is 0 Å². The van der Waals surface area contributed by atoms with E-state index in [0.717, 1.165) is 19.6 Å². The van der Waals surface area contributed by atoms with Crippen molar-refractivity contribution in [1.29, 1.82) is 0 Å². The molecule has 0 heterocycles. The Morgan fingerprint density at radius 2 is 1.78 bits per heavy atom. The zero-order valence-electron chi connectivity index (χ0n) is 6.59. The van der Waals surface area contributed by atoms with Crippen LogP contribution in [-0.2, 0) is 0 Å². The highest BCUT2D eigenvalue weighted by Crippen LogP contribution is 1.85. The third kappa shape index (κ3) is 4.43. The molecule has 1 radical (unpaired) electrons. The summed E-state index contributed by atoms with van der Waals surface area (Å²) in [4.78, 5) is 2.20. The first-order chi connectivity index (χ1) is 4.20. The van der Waals surface area contributed by atoms with Gasteiger partial charge in [-0.3, -0.25) is 0 Å². The Labute approximate surface area is 57.5 Å². The van der Waals surface area contributed by atoms with Crippen LogP contribution in [0.3, 0.4) is 0 Å². The van der Waals surface area contributed by atoms with Gasteiger partial charge in [0, 0.05) is 0 Å². The van der Waals surface area contributed by atoms with Gasteiger partial charge in [-0.1, -0.05) is 0 Å². The lowest BCUT2D eigenvalue weighted by Crippen LogP contribution is -2.35. The Kier molecular flexibility index (Phi) is 4.72. The minimum atomic E-state index is -0.190. The van der Waals surface area contributed by atoms with Crippen molar-refractivity contribution in [3.63, 3.8) is 0 Å². The van der Waals surface area contributed by atoms with E-state index in [1.54, 1.807) is 0 Å². The summed E-state index contributed by atoms with van der Waals surface area (Å²) in [6.07, 6.45) is -0.190. The third-order valence-corrected chi connectivity index (χ3v) is 1.42. The number of nitrogens with zero attached hydrogens (tertiary/aromatic N) is 1. The van der Waals surface area contributed by atoms with Crippen LogP contribution in [0.5, 0.6) is 0 Å². The van der Waals surface area contributed by atoms with Crippen LogP contribution in [0.15, 0.2) is 0 Å². The highest BCUT2D eigenvalue weighted by atomic mass is 16.3. The molecule has 0 aliphatic rings. The largest absolute Gasteiger partial charge is 0.387 e. The topological polar surface area (TPSA) is 26.1 Å². The molecular weight excluding hydrogens is 114 g/mol. The van der Waals surface area contributed by atoms with Crippen LogP contribution < -0.4 is 4.90 Å². The van der Waals surface area contributed by atoms with E-state index in [4.69, 9.17) is 5.11 Å². The van der Waals surface area contributed by atoms with Gasteiger partial charge in [-0.2, -0.15) is 4.90 Å². The first-order valence-electron chi connectivity index (χ1n) is 3.61. The molecule has 2 nitrogen and oxygen atoms in total. The van der Waals surface area contributed by atoms with E-state index in [0.29, 0.717) is 0 Å². The van der Waals surface area contributed by atoms with Crippen LogP contribution in [-0.4, -0.2) is 30.8 Å². The molecule has 0 aromatic heterocycles. The lowest BCUT2D eigenvalue weighted by molar-refractivity contribution is 0.167. The second-order valence-electron chi connectivity index (χ2n) is 2.33. The predicted molar refractivity (Wildman–Crippen MR) is 39.8 cm³/mol. The second-order valence-corrected chi connectivity index (χ2v) is 2.33. The number of hydrogen-bond acceptors (Lipinski definition) is 2. The molecule has 1 unspecified atom stereocenters. The van der Waals surface area contributed by atoms with E-state index < -0.39 is 0 Å². The van der Waals surface area contributed by atoms with Crippen molar-refractivity contribution in [2.24, 2.45) is 0 Å². The Morgan fingerprint density at radius 1 is 1.33 bits per heavy atom. The summed E-state index contributed by atoms with van der Waals surface area (Å²) < 4.78 is 0. The fourth-order valence-electron chi connectivity index (χ4n) is 0.855. The minimum Gasteiger partial charge on any atom is -0.387 e. The third-order valence-electron chi connectivity index (χ3n) is 1.42. The molecule has 0 spiro atoms. The van der Waals surface area contributed by atoms with Crippen LogP contribution in [0.25, 0.3) is 0 Å². The zero-order chi connectivity index (χ0) is 7.28. The van der Waals surface area contributed by atoms with Gasteiger partial charge < -0.3 is 5.11 Å². The summed E-state index contributed by atoms with van der Waals surface area (Å²) in [5.74, 6) is 0. The molecule has 0 aliphatic heterocycles. The lowest BCUT2D eigenvalue weighted by Gasteiger charge is -2.08. The molecule has 2 heteroatoms. The summed E-state index contributed by atoms with van der Waals surface area (Å²) in [7, 11) is 0. The van der Waals surface area contributed by atoms with Gasteiger partial charge in [0.2, 0.25) is 0 Å². The molecule has 0 bridgehead atoms. The number of aliphatic hydroxyl groups excluding tert-OH is 1. The van der Waals surface area contributed by atoms with Gasteiger partial charge in [-0.25, -0.2) is 0 Å². The molecule has 0 aromatic rings. The zero-order valence-corrected chi connectivity index (χ0v) is 6.59. The van der Waals surface area contributed by atoms with E-state index in [1.807, 2.05) is 6.92 Å². The molecule has 0 aliphatic carbocycles. The Hall–Kier alpha value is -0.0800. The Balaban J connectivity index is 3.31. The Morgan fingerprint density at radius 3 is 1.89 bits per heavy atom. The summed E-state index contributed by atoms with van der Waals surface area (Å²) in [5.41, 5.74) is 0. The molecule has 0 aromatic carbocycles. The molecule has 55 valence electrons. The summed E-state index contributed by atoms with van der Waals surface area (Å²) in [6, 6.07) is 0. The first-order valence-corrected chi connectivity index (χ1v) is 3.61. The SMILES string of the molecule is CC[N+](CC)CC(C)O. The normalized spacial score (nSPS) is 14.3. The smallest absolute Gasteiger partial charge is 0.148 e. The highest BCUT2D eigenvalue weighted by Gasteiger charge is 2.10. The first kappa shape index (κ1) is 8.92. The quantitative estimate of drug-likeness (QED) is 0.554. The van der Waals surface area contributed by atoms with Crippen LogP contribution in [0.1, 0.15) is 20.8 Å². The number of rotatable bonds is 4. The maximum absolute atomic E-state index is 8.94. The molecule has 0 saturated heterocycles. The average molecular weight is 131 g/mol. The predicted octanol–water partition coefficient (Wildman–Crippen LogP) is 0.547. The summed E-state index contributed by atoms with van der Waals surface area (Å²) in [6.45, 7) is 8.88. The van der Waals surface area contributed by atoms with Gasteiger partial charge in [-0.05, 0) is 20.8 Å². The van der Waals surface area contributed by atoms with E-state index in [-0.39, 0.29) is 6.10 Å². The van der Waals surface area contributed by atoms with Crippen molar-refractivity contribution in [1.82, 2.24) is 4.90 Å². The van der Waals surface area contributed by atoms with Gasteiger partial charge >= 0.3 is 0 Å². The maximum atomic E-state index is 8.94. The fourth-order valence-corrected chi connectivity index (χ4v) is 0.855. The van der Waals surface area contributed by atoms with Gasteiger partial charge in [0.05, 0.1) is 0 Å². The van der Waals surface area contributed by atoms with Crippen molar-refractivity contribution in [2.45, 2.75) is 26.9 Å². The molecule has 0 saturated carbocycles. The van der Waals surface area contributed by atoms with Gasteiger partial charge in [0.1, 0.15) is 25.7 Å². The van der Waals surface area contributed by atoms with Crippen LogP contribution in [0, 0.1) is 0 Å². The maximum Gasteiger partial charge on any atom is 0.148 e. The Bertz CT molecular complexity index is 59.9. The van der Waals surface area contributed by atoms with E-state index >= 15 is 0 Å². The average Bonchev–Trinajstić information content (AvgIpc) is 1.82. The van der Waals surface area contributed by atoms with Gasteiger partial charge in [0.25, 0.3) is 0 Å². The van der Waals surface area contributed by atoms with Crippen molar-refractivity contribution in [2.75, 3.05) is 19.6 Å². The molecule has 9 heavy (non-hydrogen) atoms. The number of hydrogen-bond donors (Lipinski definition) is 1. The van der Waals surface area contributed by atoms with Gasteiger partial charge in [0.15, 0.2) is 0 Å². The molecule has 1 atom stereocenters. The summed E-state index contributed by atoms with van der Waals surface area (Å²) >= 11 is 0. The van der Waals surface area contributed by atoms with Crippen molar-refractivity contribution in [3.8, 4) is 0 Å². The summed E-state index contributed by atoms with van der Waals surface area (Å²) in [5, 5.41) is 8.94. The molecule has 1 N–H and O–H groups in total. The lowest BCUT2D eigenvalue weighted by atomic mass is 10.3. The van der Waals surface area contributed by atoms with E-state index in [1.165, 1.54) is 0 Å². The molecular formula is C7H17NO+. The molecule has 0 amide bonds. The van der Waals surface area contributed by atoms with Crippen LogP contribution in [0.2, 0.25) is 0 Å².